The van der Waals surface area contributed by atoms with Crippen molar-refractivity contribution >= 4 is 12.0 Å². The van der Waals surface area contributed by atoms with Crippen molar-refractivity contribution in [2.24, 2.45) is 0 Å². The van der Waals surface area contributed by atoms with E-state index in [0.717, 1.165) is 6.42 Å². The highest BCUT2D eigenvalue weighted by molar-refractivity contribution is 5.95. The van der Waals surface area contributed by atoms with Gasteiger partial charge in [0.2, 0.25) is 0 Å². The van der Waals surface area contributed by atoms with Crippen LogP contribution in [0.1, 0.15) is 45.9 Å². The minimum absolute atomic E-state index is 0.122. The Balaban J connectivity index is 2.38. The Kier molecular flexibility index (Phi) is 5.66. The number of urea groups is 1. The first kappa shape index (κ1) is 18.1. The Bertz CT molecular complexity index is 620. The van der Waals surface area contributed by atoms with Gasteiger partial charge in [-0.25, -0.2) is 9.59 Å². The van der Waals surface area contributed by atoms with Crippen molar-refractivity contribution < 1.29 is 18.7 Å². The highest BCUT2D eigenvalue weighted by atomic mass is 16.5. The molecular weight excluding hydrogens is 310 g/mol. The normalized spacial score (nSPS) is 18.2. The first-order valence-corrected chi connectivity index (χ1v) is 8.14. The number of furan rings is 1. The smallest absolute Gasteiger partial charge is 0.338 e. The summed E-state index contributed by atoms with van der Waals surface area (Å²) in [6.07, 6.45) is 2.41. The standard InChI is InChI=1S/C17H25N3O4/c1-5-17(3,4)18-10-11-13(15(21)23-6-2)14(20-16(22)19-11)12-8-7-9-24-12/h7-9,14,18H,5-6,10H2,1-4H3,(H2,19,20,22). The summed E-state index contributed by atoms with van der Waals surface area (Å²) < 4.78 is 10.6. The SMILES string of the molecule is CCOC(=O)C1=C(CNC(C)(C)CC)NC(=O)NC1c1ccco1. The van der Waals surface area contributed by atoms with Gasteiger partial charge in [-0.15, -0.1) is 0 Å². The van der Waals surface area contributed by atoms with Gasteiger partial charge in [-0.3, -0.25) is 0 Å². The quantitative estimate of drug-likeness (QED) is 0.665. The van der Waals surface area contributed by atoms with Crippen molar-refractivity contribution in [1.29, 1.82) is 0 Å². The summed E-state index contributed by atoms with van der Waals surface area (Å²) in [7, 11) is 0. The lowest BCUT2D eigenvalue weighted by Crippen LogP contribution is -2.50. The Labute approximate surface area is 141 Å². The van der Waals surface area contributed by atoms with Crippen LogP contribution in [-0.4, -0.2) is 30.7 Å². The predicted octanol–water partition coefficient (Wildman–Crippen LogP) is 2.23. The fourth-order valence-corrected chi connectivity index (χ4v) is 2.33. The van der Waals surface area contributed by atoms with E-state index in [1.54, 1.807) is 19.1 Å². The maximum absolute atomic E-state index is 12.5. The third-order valence-corrected chi connectivity index (χ3v) is 4.10. The average Bonchev–Trinajstić information content (AvgIpc) is 3.07. The number of hydrogen-bond acceptors (Lipinski definition) is 5. The molecule has 7 heteroatoms. The number of carbonyl (C=O) groups excluding carboxylic acids is 2. The highest BCUT2D eigenvalue weighted by Gasteiger charge is 2.35. The molecule has 0 aromatic carbocycles. The number of esters is 1. The zero-order chi connectivity index (χ0) is 17.7. The Morgan fingerprint density at radius 3 is 2.75 bits per heavy atom. The topological polar surface area (TPSA) is 92.6 Å². The molecule has 132 valence electrons. The molecule has 0 bridgehead atoms. The number of hydrogen-bond donors (Lipinski definition) is 3. The maximum atomic E-state index is 12.5. The van der Waals surface area contributed by atoms with E-state index in [-0.39, 0.29) is 18.2 Å². The second kappa shape index (κ2) is 7.53. The molecule has 0 fully saturated rings. The molecule has 1 aliphatic rings. The zero-order valence-corrected chi connectivity index (χ0v) is 14.6. The summed E-state index contributed by atoms with van der Waals surface area (Å²) in [6.45, 7) is 8.53. The molecule has 1 unspecified atom stereocenters. The molecule has 0 aliphatic carbocycles. The van der Waals surface area contributed by atoms with Crippen LogP contribution < -0.4 is 16.0 Å². The largest absolute Gasteiger partial charge is 0.467 e. The summed E-state index contributed by atoms with van der Waals surface area (Å²) in [6, 6.07) is 2.38. The second-order valence-corrected chi connectivity index (χ2v) is 6.25. The van der Waals surface area contributed by atoms with Crippen molar-refractivity contribution in [2.45, 2.75) is 45.7 Å². The summed E-state index contributed by atoms with van der Waals surface area (Å²) >= 11 is 0. The molecule has 3 N–H and O–H groups in total. The molecule has 1 aromatic heterocycles. The Hall–Kier alpha value is -2.28. The number of rotatable bonds is 7. The molecule has 2 rings (SSSR count). The number of amides is 2. The molecule has 2 amide bonds. The van der Waals surface area contributed by atoms with Crippen LogP contribution in [0.3, 0.4) is 0 Å². The summed E-state index contributed by atoms with van der Waals surface area (Å²) in [5.41, 5.74) is 0.730. The van der Waals surface area contributed by atoms with Crippen LogP contribution in [-0.2, 0) is 9.53 Å². The number of ether oxygens (including phenoxy) is 1. The van der Waals surface area contributed by atoms with Gasteiger partial charge in [0.25, 0.3) is 0 Å². The van der Waals surface area contributed by atoms with E-state index in [1.807, 2.05) is 0 Å². The van der Waals surface area contributed by atoms with Gasteiger partial charge in [-0.05, 0) is 39.3 Å². The highest BCUT2D eigenvalue weighted by Crippen LogP contribution is 2.28. The fraction of sp³-hybridized carbons (Fsp3) is 0.529. The molecule has 1 aromatic rings. The van der Waals surface area contributed by atoms with Crippen LogP contribution >= 0.6 is 0 Å². The minimum Gasteiger partial charge on any atom is -0.467 e. The molecule has 0 radical (unpaired) electrons. The lowest BCUT2D eigenvalue weighted by atomic mass is 9.98. The van der Waals surface area contributed by atoms with Gasteiger partial charge < -0.3 is 25.1 Å². The van der Waals surface area contributed by atoms with E-state index in [1.165, 1.54) is 6.26 Å². The van der Waals surface area contributed by atoms with Gasteiger partial charge in [0.15, 0.2) is 0 Å². The molecule has 1 atom stereocenters. The molecule has 0 saturated heterocycles. The Morgan fingerprint density at radius 1 is 1.42 bits per heavy atom. The van der Waals surface area contributed by atoms with E-state index < -0.39 is 12.0 Å². The fourth-order valence-electron chi connectivity index (χ4n) is 2.33. The van der Waals surface area contributed by atoms with E-state index in [9.17, 15) is 9.59 Å². The maximum Gasteiger partial charge on any atom is 0.338 e. The van der Waals surface area contributed by atoms with Gasteiger partial charge in [-0.2, -0.15) is 0 Å². The Morgan fingerprint density at radius 2 is 2.17 bits per heavy atom. The van der Waals surface area contributed by atoms with E-state index in [0.29, 0.717) is 23.6 Å². The number of carbonyl (C=O) groups is 2. The molecule has 0 saturated carbocycles. The number of nitrogens with one attached hydrogen (secondary N) is 3. The van der Waals surface area contributed by atoms with Crippen LogP contribution in [0.2, 0.25) is 0 Å². The van der Waals surface area contributed by atoms with Crippen LogP contribution in [0.15, 0.2) is 34.1 Å². The summed E-state index contributed by atoms with van der Waals surface area (Å²) in [4.78, 5) is 24.5. The van der Waals surface area contributed by atoms with Gasteiger partial charge in [0, 0.05) is 17.8 Å². The van der Waals surface area contributed by atoms with Crippen LogP contribution in [0, 0.1) is 0 Å². The monoisotopic (exact) mass is 335 g/mol. The first-order valence-electron chi connectivity index (χ1n) is 8.14. The second-order valence-electron chi connectivity index (χ2n) is 6.25. The third-order valence-electron chi connectivity index (χ3n) is 4.10. The lowest BCUT2D eigenvalue weighted by molar-refractivity contribution is -0.139. The molecule has 1 aliphatic heterocycles. The molecule has 7 nitrogen and oxygen atoms in total. The van der Waals surface area contributed by atoms with Crippen molar-refractivity contribution in [2.75, 3.05) is 13.2 Å². The molecule has 0 spiro atoms. The van der Waals surface area contributed by atoms with Gasteiger partial charge in [-0.1, -0.05) is 6.92 Å². The summed E-state index contributed by atoms with van der Waals surface area (Å²) in [5.74, 6) is 0.0117. The van der Waals surface area contributed by atoms with Gasteiger partial charge in [0.05, 0.1) is 18.4 Å². The van der Waals surface area contributed by atoms with Crippen molar-refractivity contribution in [1.82, 2.24) is 16.0 Å². The van der Waals surface area contributed by atoms with E-state index >= 15 is 0 Å². The molecule has 2 heterocycles. The average molecular weight is 335 g/mol. The first-order chi connectivity index (χ1) is 11.4. The predicted molar refractivity (Wildman–Crippen MR) is 89.1 cm³/mol. The van der Waals surface area contributed by atoms with Crippen LogP contribution in [0.4, 0.5) is 4.79 Å². The lowest BCUT2D eigenvalue weighted by Gasteiger charge is -2.31. The van der Waals surface area contributed by atoms with Crippen LogP contribution in [0.5, 0.6) is 0 Å². The van der Waals surface area contributed by atoms with Gasteiger partial charge in [0.1, 0.15) is 11.8 Å². The zero-order valence-electron chi connectivity index (χ0n) is 14.6. The van der Waals surface area contributed by atoms with Crippen molar-refractivity contribution in [3.05, 3.63) is 35.4 Å². The van der Waals surface area contributed by atoms with Crippen molar-refractivity contribution in [3.8, 4) is 0 Å². The van der Waals surface area contributed by atoms with Crippen LogP contribution in [0.25, 0.3) is 0 Å². The third kappa shape index (κ3) is 4.17. The van der Waals surface area contributed by atoms with E-state index in [4.69, 9.17) is 9.15 Å². The van der Waals surface area contributed by atoms with Gasteiger partial charge >= 0.3 is 12.0 Å². The minimum atomic E-state index is -0.672. The van der Waals surface area contributed by atoms with E-state index in [2.05, 4.69) is 36.7 Å². The summed E-state index contributed by atoms with van der Waals surface area (Å²) in [5, 5.41) is 8.79. The molecular formula is C17H25N3O4. The molecule has 24 heavy (non-hydrogen) atoms. The van der Waals surface area contributed by atoms with Crippen molar-refractivity contribution in [3.63, 3.8) is 0 Å².